The van der Waals surface area contributed by atoms with Crippen molar-refractivity contribution in [1.82, 2.24) is 0 Å². The van der Waals surface area contributed by atoms with E-state index in [0.717, 1.165) is 12.1 Å². The minimum absolute atomic E-state index is 0.230. The van der Waals surface area contributed by atoms with E-state index in [1.54, 1.807) is 0 Å². The average molecular weight is 211 g/mol. The molecule has 0 saturated heterocycles. The van der Waals surface area contributed by atoms with Gasteiger partial charge < -0.3 is 10.8 Å². The van der Waals surface area contributed by atoms with E-state index in [0.29, 0.717) is 0 Å². The molecule has 1 aromatic carbocycles. The number of benzene rings is 1. The first kappa shape index (κ1) is 11.0. The van der Waals surface area contributed by atoms with Crippen LogP contribution in [0.3, 0.4) is 0 Å². The Bertz CT molecular complexity index is 460. The van der Waals surface area contributed by atoms with E-state index in [-0.39, 0.29) is 12.0 Å². The second-order valence-electron chi connectivity index (χ2n) is 2.71. The number of halogens is 2. The molecule has 0 atom stereocenters. The molecule has 15 heavy (non-hydrogen) atoms. The molecule has 0 radical (unpaired) electrons. The quantitative estimate of drug-likeness (QED) is 0.678. The third-order valence-electron chi connectivity index (χ3n) is 1.55. The van der Waals surface area contributed by atoms with Gasteiger partial charge in [-0.3, -0.25) is 4.79 Å². The fraction of sp³-hybridized carbons (Fsp3) is 0.100. The molecular formula is C10H7F2NO2. The zero-order valence-corrected chi connectivity index (χ0v) is 7.55. The summed E-state index contributed by atoms with van der Waals surface area (Å²) in [6, 6.07) is 2.09. The average Bonchev–Trinajstić information content (AvgIpc) is 2.18. The summed E-state index contributed by atoms with van der Waals surface area (Å²) in [4.78, 5) is 10.3. The van der Waals surface area contributed by atoms with E-state index >= 15 is 0 Å². The lowest BCUT2D eigenvalue weighted by atomic mass is 10.2. The summed E-state index contributed by atoms with van der Waals surface area (Å²) in [5.41, 5.74) is 4.57. The summed E-state index contributed by atoms with van der Waals surface area (Å²) in [6.45, 7) is 0. The van der Waals surface area contributed by atoms with Crippen LogP contribution < -0.4 is 5.73 Å². The highest BCUT2D eigenvalue weighted by Gasteiger charge is 2.10. The molecule has 1 amide bonds. The fourth-order valence-electron chi connectivity index (χ4n) is 0.862. The molecule has 3 N–H and O–H groups in total. The molecule has 3 nitrogen and oxygen atoms in total. The molecule has 1 aromatic rings. The van der Waals surface area contributed by atoms with Crippen LogP contribution in [0, 0.1) is 23.5 Å². The van der Waals surface area contributed by atoms with Crippen molar-refractivity contribution in [3.05, 3.63) is 29.3 Å². The van der Waals surface area contributed by atoms with Crippen molar-refractivity contribution < 1.29 is 18.7 Å². The Balaban J connectivity index is 3.00. The third-order valence-corrected chi connectivity index (χ3v) is 1.55. The van der Waals surface area contributed by atoms with Crippen molar-refractivity contribution in [2.24, 2.45) is 5.73 Å². The lowest BCUT2D eigenvalue weighted by molar-refractivity contribution is -0.117. The van der Waals surface area contributed by atoms with Crippen LogP contribution >= 0.6 is 0 Å². The molecule has 1 rings (SSSR count). The Hall–Kier alpha value is -2.09. The number of hydrogen-bond acceptors (Lipinski definition) is 2. The number of amides is 1. The Labute approximate surface area is 84.5 Å². The van der Waals surface area contributed by atoms with Crippen LogP contribution in [0.4, 0.5) is 8.78 Å². The first-order chi connectivity index (χ1) is 7.02. The zero-order valence-electron chi connectivity index (χ0n) is 7.55. The molecule has 0 fully saturated rings. The number of carbonyl (C=O) groups is 1. The number of primary amides is 1. The van der Waals surface area contributed by atoms with Crippen molar-refractivity contribution in [3.63, 3.8) is 0 Å². The van der Waals surface area contributed by atoms with Gasteiger partial charge in [-0.15, -0.1) is 0 Å². The number of phenols is 1. The number of rotatable bonds is 1. The van der Waals surface area contributed by atoms with Gasteiger partial charge in [-0.2, -0.15) is 4.39 Å². The molecule has 0 heterocycles. The first-order valence-corrected chi connectivity index (χ1v) is 3.96. The normalized spacial score (nSPS) is 9.20. The van der Waals surface area contributed by atoms with Gasteiger partial charge in [0.1, 0.15) is 0 Å². The summed E-state index contributed by atoms with van der Waals surface area (Å²) in [5, 5.41) is 8.80. The molecule has 0 aromatic heterocycles. The van der Waals surface area contributed by atoms with Crippen molar-refractivity contribution >= 4 is 5.91 Å². The third kappa shape index (κ3) is 2.68. The van der Waals surface area contributed by atoms with Gasteiger partial charge in [0.2, 0.25) is 11.7 Å². The zero-order chi connectivity index (χ0) is 11.4. The van der Waals surface area contributed by atoms with Gasteiger partial charge >= 0.3 is 0 Å². The van der Waals surface area contributed by atoms with Gasteiger partial charge in [0.15, 0.2) is 11.6 Å². The van der Waals surface area contributed by atoms with E-state index in [1.165, 1.54) is 0 Å². The highest BCUT2D eigenvalue weighted by molar-refractivity contribution is 5.76. The van der Waals surface area contributed by atoms with Crippen LogP contribution in [0.15, 0.2) is 12.1 Å². The van der Waals surface area contributed by atoms with E-state index in [2.05, 4.69) is 11.8 Å². The molecule has 0 spiro atoms. The van der Waals surface area contributed by atoms with Crippen molar-refractivity contribution in [1.29, 1.82) is 0 Å². The summed E-state index contributed by atoms with van der Waals surface area (Å²) < 4.78 is 25.8. The van der Waals surface area contributed by atoms with Gasteiger partial charge in [0.05, 0.1) is 12.0 Å². The lowest BCUT2D eigenvalue weighted by Gasteiger charge is -1.98. The van der Waals surface area contributed by atoms with Crippen LogP contribution in [-0.4, -0.2) is 11.0 Å². The van der Waals surface area contributed by atoms with E-state index in [1.807, 2.05) is 0 Å². The molecule has 0 saturated carbocycles. The predicted octanol–water partition coefficient (Wildman–Crippen LogP) is 0.897. The molecule has 0 aliphatic rings. The minimum atomic E-state index is -1.36. The summed E-state index contributed by atoms with van der Waals surface area (Å²) in [7, 11) is 0. The second-order valence-corrected chi connectivity index (χ2v) is 2.71. The van der Waals surface area contributed by atoms with Crippen LogP contribution in [0.1, 0.15) is 12.0 Å². The number of aromatic hydroxyl groups is 1. The Kier molecular flexibility index (Phi) is 3.24. The highest BCUT2D eigenvalue weighted by Crippen LogP contribution is 2.20. The standard InChI is InChI=1S/C10H7F2NO2/c11-9-6(2-1-3-8(13)15)4-5-7(14)10(9)12/h4-5,14H,3H2,(H2,13,15). The van der Waals surface area contributed by atoms with Gasteiger partial charge in [-0.25, -0.2) is 4.39 Å². The number of phenolic OH excluding ortho intramolecular Hbond substituents is 1. The van der Waals surface area contributed by atoms with Crippen LogP contribution in [0.25, 0.3) is 0 Å². The molecule has 5 heteroatoms. The first-order valence-electron chi connectivity index (χ1n) is 3.96. The number of hydrogen-bond donors (Lipinski definition) is 2. The summed E-state index contributed by atoms with van der Waals surface area (Å²) in [5.74, 6) is 0.472. The van der Waals surface area contributed by atoms with Gasteiger partial charge in [0.25, 0.3) is 0 Å². The molecule has 0 bridgehead atoms. The maximum atomic E-state index is 13.0. The fourth-order valence-corrected chi connectivity index (χ4v) is 0.862. The second kappa shape index (κ2) is 4.42. The molecule has 78 valence electrons. The molecule has 0 aliphatic heterocycles. The van der Waals surface area contributed by atoms with E-state index in [4.69, 9.17) is 10.8 Å². The van der Waals surface area contributed by atoms with Crippen LogP contribution in [-0.2, 0) is 4.79 Å². The van der Waals surface area contributed by atoms with E-state index < -0.39 is 23.3 Å². The summed E-state index contributed by atoms with van der Waals surface area (Å²) in [6.07, 6.45) is -0.234. The maximum Gasteiger partial charge on any atom is 0.229 e. The molecule has 0 unspecified atom stereocenters. The Morgan fingerprint density at radius 3 is 2.67 bits per heavy atom. The van der Waals surface area contributed by atoms with Crippen LogP contribution in [0.5, 0.6) is 5.75 Å². The topological polar surface area (TPSA) is 63.3 Å². The minimum Gasteiger partial charge on any atom is -0.505 e. The highest BCUT2D eigenvalue weighted by atomic mass is 19.2. The van der Waals surface area contributed by atoms with Gasteiger partial charge in [-0.1, -0.05) is 11.8 Å². The van der Waals surface area contributed by atoms with Crippen LogP contribution in [0.2, 0.25) is 0 Å². The van der Waals surface area contributed by atoms with Crippen molar-refractivity contribution in [3.8, 4) is 17.6 Å². The SMILES string of the molecule is NC(=O)CC#Cc1ccc(O)c(F)c1F. The van der Waals surface area contributed by atoms with Gasteiger partial charge in [0, 0.05) is 0 Å². The van der Waals surface area contributed by atoms with Crippen molar-refractivity contribution in [2.45, 2.75) is 6.42 Å². The maximum absolute atomic E-state index is 13.0. The lowest BCUT2D eigenvalue weighted by Crippen LogP contribution is -2.08. The largest absolute Gasteiger partial charge is 0.505 e. The Morgan fingerprint density at radius 1 is 1.40 bits per heavy atom. The number of nitrogens with two attached hydrogens (primary N) is 1. The van der Waals surface area contributed by atoms with Gasteiger partial charge in [-0.05, 0) is 12.1 Å². The van der Waals surface area contributed by atoms with E-state index in [9.17, 15) is 13.6 Å². The predicted molar refractivity (Wildman–Crippen MR) is 48.7 cm³/mol. The number of carbonyl (C=O) groups excluding carboxylic acids is 1. The summed E-state index contributed by atoms with van der Waals surface area (Å²) >= 11 is 0. The molecule has 0 aliphatic carbocycles. The monoisotopic (exact) mass is 211 g/mol. The Morgan fingerprint density at radius 2 is 2.07 bits per heavy atom. The smallest absolute Gasteiger partial charge is 0.229 e. The van der Waals surface area contributed by atoms with Crippen molar-refractivity contribution in [2.75, 3.05) is 0 Å². The molecular weight excluding hydrogens is 204 g/mol.